The number of benzene rings is 1. The second-order valence-corrected chi connectivity index (χ2v) is 9.42. The number of aliphatic hydroxyl groups excluding tert-OH is 1. The number of nitrogens with zero attached hydrogens (tertiary/aromatic N) is 4. The van der Waals surface area contributed by atoms with Crippen molar-refractivity contribution in [2.24, 2.45) is 0 Å². The Kier molecular flexibility index (Phi) is 7.97. The van der Waals surface area contributed by atoms with Gasteiger partial charge in [0.25, 0.3) is 11.7 Å². The molecule has 3 heterocycles. The zero-order valence-electron chi connectivity index (χ0n) is 22.5. The van der Waals surface area contributed by atoms with E-state index in [0.29, 0.717) is 35.4 Å². The molecule has 0 radical (unpaired) electrons. The second kappa shape index (κ2) is 11.2. The van der Waals surface area contributed by atoms with E-state index in [0.717, 1.165) is 25.2 Å². The number of fused-ring (bicyclic) bond motifs is 1. The zero-order chi connectivity index (χ0) is 27.6. The van der Waals surface area contributed by atoms with Crippen LogP contribution < -0.4 is 0 Å². The molecule has 1 unspecified atom stereocenters. The quantitative estimate of drug-likeness (QED) is 0.198. The van der Waals surface area contributed by atoms with Crippen LogP contribution in [0.5, 0.6) is 0 Å². The summed E-state index contributed by atoms with van der Waals surface area (Å²) in [5, 5.41) is 11.5. The van der Waals surface area contributed by atoms with Crippen molar-refractivity contribution in [2.75, 3.05) is 33.3 Å². The number of carbonyl (C=O) groups excluding carboxylic acids is 3. The van der Waals surface area contributed by atoms with Crippen LogP contribution in [0.3, 0.4) is 0 Å². The fourth-order valence-corrected chi connectivity index (χ4v) is 5.06. The van der Waals surface area contributed by atoms with Crippen molar-refractivity contribution >= 4 is 29.1 Å². The first-order chi connectivity index (χ1) is 18.2. The number of esters is 1. The molecule has 1 saturated heterocycles. The lowest BCUT2D eigenvalue weighted by molar-refractivity contribution is -0.140. The van der Waals surface area contributed by atoms with Crippen LogP contribution in [0.1, 0.15) is 59.2 Å². The molecule has 4 rings (SSSR count). The van der Waals surface area contributed by atoms with Crippen LogP contribution in [-0.2, 0) is 14.3 Å². The smallest absolute Gasteiger partial charge is 0.337 e. The fourth-order valence-electron chi connectivity index (χ4n) is 5.06. The molecule has 38 heavy (non-hydrogen) atoms. The van der Waals surface area contributed by atoms with E-state index in [2.05, 4.69) is 23.7 Å². The van der Waals surface area contributed by atoms with E-state index in [4.69, 9.17) is 4.74 Å². The van der Waals surface area contributed by atoms with E-state index in [9.17, 15) is 19.5 Å². The first kappa shape index (κ1) is 27.1. The van der Waals surface area contributed by atoms with Crippen LogP contribution in [0, 0.1) is 13.8 Å². The molecule has 9 heteroatoms. The topological polar surface area (TPSA) is 104 Å². The molecule has 0 aliphatic carbocycles. The summed E-state index contributed by atoms with van der Waals surface area (Å²) < 4.78 is 6.65. The maximum atomic E-state index is 13.4. The van der Waals surface area contributed by atoms with Crippen molar-refractivity contribution in [2.45, 2.75) is 40.2 Å². The lowest BCUT2D eigenvalue weighted by Gasteiger charge is -2.26. The summed E-state index contributed by atoms with van der Waals surface area (Å²) in [5.41, 5.74) is 3.46. The van der Waals surface area contributed by atoms with E-state index >= 15 is 0 Å². The minimum absolute atomic E-state index is 0.00665. The molecule has 1 aromatic carbocycles. The molecule has 2 aromatic heterocycles. The van der Waals surface area contributed by atoms with E-state index < -0.39 is 23.7 Å². The molecular formula is C29H34N4O5. The molecule has 1 aliphatic heterocycles. The molecule has 1 N–H and O–H groups in total. The molecule has 1 amide bonds. The van der Waals surface area contributed by atoms with Gasteiger partial charge in [-0.1, -0.05) is 32.0 Å². The maximum absolute atomic E-state index is 13.4. The van der Waals surface area contributed by atoms with Gasteiger partial charge in [-0.15, -0.1) is 0 Å². The van der Waals surface area contributed by atoms with Gasteiger partial charge < -0.3 is 24.0 Å². The standard InChI is InChI=1S/C29H34N4O5/c1-6-31(7-2)15-9-17-33-24(20-11-13-21(14-12-20)29(37)38-5)22(26(35)28(33)36)25(34)23-19(4)32-16-8-10-18(3)27(32)30-23/h8,10-14,16,24,34H,6-7,9,15,17H2,1-5H3/b25-22+. The molecule has 9 nitrogen and oxygen atoms in total. The van der Waals surface area contributed by atoms with Crippen molar-refractivity contribution in [3.8, 4) is 0 Å². The SMILES string of the molecule is CCN(CC)CCCN1C(=O)C(=O)/C(=C(/O)c2nc3c(C)cccn3c2C)C1c1ccc(C(=O)OC)cc1. The molecule has 1 atom stereocenters. The summed E-state index contributed by atoms with van der Waals surface area (Å²) in [6, 6.07) is 9.56. The van der Waals surface area contributed by atoms with Gasteiger partial charge in [-0.25, -0.2) is 9.78 Å². The molecule has 3 aromatic rings. The number of ketones is 1. The average molecular weight is 519 g/mol. The average Bonchev–Trinajstić information content (AvgIpc) is 3.40. The number of Topliss-reactive ketones (excluding diaryl/α,β-unsaturated/α-hetero) is 1. The largest absolute Gasteiger partial charge is 0.505 e. The monoisotopic (exact) mass is 518 g/mol. The van der Waals surface area contributed by atoms with E-state index in [1.54, 1.807) is 24.3 Å². The number of methoxy groups -OCH3 is 1. The second-order valence-electron chi connectivity index (χ2n) is 9.42. The molecule has 200 valence electrons. The third kappa shape index (κ3) is 4.81. The first-order valence-corrected chi connectivity index (χ1v) is 12.9. The normalized spacial score (nSPS) is 17.1. The Morgan fingerprint density at radius 3 is 2.39 bits per heavy atom. The number of hydrogen-bond acceptors (Lipinski definition) is 7. The van der Waals surface area contributed by atoms with Crippen LogP contribution in [0.15, 0.2) is 48.2 Å². The molecule has 0 spiro atoms. The number of likely N-dealkylation sites (tertiary alicyclic amines) is 1. The summed E-state index contributed by atoms with van der Waals surface area (Å²) in [5.74, 6) is -2.20. The third-order valence-corrected chi connectivity index (χ3v) is 7.26. The van der Waals surface area contributed by atoms with E-state index in [-0.39, 0.29) is 17.0 Å². The van der Waals surface area contributed by atoms with E-state index in [1.165, 1.54) is 12.0 Å². The van der Waals surface area contributed by atoms with Crippen LogP contribution in [0.4, 0.5) is 0 Å². The van der Waals surface area contributed by atoms with Crippen molar-refractivity contribution in [3.63, 3.8) is 0 Å². The Balaban J connectivity index is 1.82. The van der Waals surface area contributed by atoms with Crippen molar-refractivity contribution in [1.82, 2.24) is 19.2 Å². The lowest BCUT2D eigenvalue weighted by Crippen LogP contribution is -2.33. The first-order valence-electron chi connectivity index (χ1n) is 12.9. The maximum Gasteiger partial charge on any atom is 0.337 e. The number of pyridine rings is 1. The van der Waals surface area contributed by atoms with Gasteiger partial charge in [0.1, 0.15) is 11.3 Å². The summed E-state index contributed by atoms with van der Waals surface area (Å²) in [6.07, 6.45) is 2.51. The molecule has 1 aliphatic rings. The van der Waals surface area contributed by atoms with Crippen molar-refractivity contribution in [1.29, 1.82) is 0 Å². The van der Waals surface area contributed by atoms with Crippen molar-refractivity contribution in [3.05, 3.63) is 76.2 Å². The Morgan fingerprint density at radius 1 is 1.11 bits per heavy atom. The van der Waals surface area contributed by atoms with Gasteiger partial charge in [-0.2, -0.15) is 0 Å². The number of carbonyl (C=O) groups is 3. The Labute approximate surface area is 222 Å². The van der Waals surface area contributed by atoms with Gasteiger partial charge in [0.2, 0.25) is 0 Å². The predicted octanol–water partition coefficient (Wildman–Crippen LogP) is 3.89. The van der Waals surface area contributed by atoms with Crippen LogP contribution in [0.25, 0.3) is 11.4 Å². The summed E-state index contributed by atoms with van der Waals surface area (Å²) in [7, 11) is 1.31. The highest BCUT2D eigenvalue weighted by atomic mass is 16.5. The number of aromatic nitrogens is 2. The predicted molar refractivity (Wildman–Crippen MR) is 144 cm³/mol. The van der Waals surface area contributed by atoms with Gasteiger partial charge in [0, 0.05) is 12.7 Å². The highest BCUT2D eigenvalue weighted by Gasteiger charge is 2.46. The summed E-state index contributed by atoms with van der Waals surface area (Å²) in [4.78, 5) is 47.1. The van der Waals surface area contributed by atoms with Gasteiger partial charge in [0.05, 0.1) is 30.0 Å². The summed E-state index contributed by atoms with van der Waals surface area (Å²) in [6.45, 7) is 10.8. The van der Waals surface area contributed by atoms with Gasteiger partial charge in [-0.3, -0.25) is 9.59 Å². The van der Waals surface area contributed by atoms with Crippen molar-refractivity contribution < 1.29 is 24.2 Å². The van der Waals surface area contributed by atoms with Gasteiger partial charge in [0.15, 0.2) is 5.76 Å². The molecular weight excluding hydrogens is 484 g/mol. The Hall–Kier alpha value is -3.98. The van der Waals surface area contributed by atoms with Gasteiger partial charge >= 0.3 is 5.97 Å². The number of aryl methyl sites for hydroxylation is 2. The highest BCUT2D eigenvalue weighted by molar-refractivity contribution is 6.46. The lowest BCUT2D eigenvalue weighted by atomic mass is 9.95. The van der Waals surface area contributed by atoms with Crippen LogP contribution in [-0.4, -0.2) is 75.2 Å². The third-order valence-electron chi connectivity index (χ3n) is 7.26. The molecule has 1 fully saturated rings. The minimum atomic E-state index is -0.816. The number of aliphatic hydroxyl groups is 1. The Bertz CT molecular complexity index is 1400. The highest BCUT2D eigenvalue weighted by Crippen LogP contribution is 2.40. The molecule has 0 bridgehead atoms. The van der Waals surface area contributed by atoms with Gasteiger partial charge in [-0.05, 0) is 69.2 Å². The zero-order valence-corrected chi connectivity index (χ0v) is 22.5. The Morgan fingerprint density at radius 2 is 1.79 bits per heavy atom. The number of rotatable bonds is 9. The minimum Gasteiger partial charge on any atom is -0.505 e. The van der Waals surface area contributed by atoms with Crippen LogP contribution >= 0.6 is 0 Å². The molecule has 0 saturated carbocycles. The number of hydrogen-bond donors (Lipinski definition) is 1. The number of ether oxygens (including phenoxy) is 1. The summed E-state index contributed by atoms with van der Waals surface area (Å²) >= 11 is 0. The van der Waals surface area contributed by atoms with Crippen LogP contribution in [0.2, 0.25) is 0 Å². The fraction of sp³-hybridized carbons (Fsp3) is 0.379. The number of amides is 1. The van der Waals surface area contributed by atoms with E-state index in [1.807, 2.05) is 36.6 Å². The number of imidazole rings is 1.